The molecule has 0 spiro atoms. The SMILES string of the molecule is COC(=O)c1ccc(/C=C\C(=O)Nc2ccnc(Sc3ccccn3)c2)cc1. The van der Waals surface area contributed by atoms with Gasteiger partial charge in [0.15, 0.2) is 0 Å². The molecule has 0 aliphatic rings. The van der Waals surface area contributed by atoms with Gasteiger partial charge in [0, 0.05) is 24.2 Å². The second-order valence-electron chi connectivity index (χ2n) is 5.59. The number of carbonyl (C=O) groups excluding carboxylic acids is 2. The molecule has 0 aliphatic heterocycles. The van der Waals surface area contributed by atoms with Gasteiger partial charge in [-0.1, -0.05) is 30.0 Å². The van der Waals surface area contributed by atoms with Gasteiger partial charge in [-0.2, -0.15) is 0 Å². The van der Waals surface area contributed by atoms with Crippen LogP contribution in [0.3, 0.4) is 0 Å². The smallest absolute Gasteiger partial charge is 0.337 e. The second-order valence-corrected chi connectivity index (χ2v) is 6.63. The Hall–Kier alpha value is -3.45. The molecule has 3 rings (SSSR count). The van der Waals surface area contributed by atoms with Gasteiger partial charge in [-0.05, 0) is 48.0 Å². The Labute approximate surface area is 166 Å². The van der Waals surface area contributed by atoms with Gasteiger partial charge in [0.2, 0.25) is 5.91 Å². The fourth-order valence-corrected chi connectivity index (χ4v) is 3.04. The standard InChI is InChI=1S/C21H17N3O3S/c1-27-21(26)16-8-5-15(6-9-16)7-10-18(25)24-17-11-13-23-20(14-17)28-19-4-2-3-12-22-19/h2-14H,1H3,(H,23,24,25)/b10-7-. The highest BCUT2D eigenvalue weighted by Crippen LogP contribution is 2.25. The molecule has 0 saturated heterocycles. The molecule has 2 aromatic heterocycles. The van der Waals surface area contributed by atoms with Gasteiger partial charge >= 0.3 is 5.97 Å². The summed E-state index contributed by atoms with van der Waals surface area (Å²) >= 11 is 1.42. The van der Waals surface area contributed by atoms with E-state index in [-0.39, 0.29) is 5.91 Å². The summed E-state index contributed by atoms with van der Waals surface area (Å²) in [5.41, 5.74) is 1.90. The minimum absolute atomic E-state index is 0.267. The zero-order valence-corrected chi connectivity index (χ0v) is 15.8. The minimum atomic E-state index is -0.398. The number of aromatic nitrogens is 2. The van der Waals surface area contributed by atoms with Crippen LogP contribution in [0.1, 0.15) is 15.9 Å². The summed E-state index contributed by atoms with van der Waals surface area (Å²) in [5, 5.41) is 4.37. The summed E-state index contributed by atoms with van der Waals surface area (Å²) in [5.74, 6) is -0.664. The largest absolute Gasteiger partial charge is 0.465 e. The zero-order chi connectivity index (χ0) is 19.8. The average molecular weight is 391 g/mol. The predicted octanol–water partition coefficient (Wildman–Crippen LogP) is 4.07. The van der Waals surface area contributed by atoms with Crippen LogP contribution in [0.2, 0.25) is 0 Å². The number of esters is 1. The molecule has 0 aliphatic carbocycles. The number of hydrogen-bond donors (Lipinski definition) is 1. The van der Waals surface area contributed by atoms with Gasteiger partial charge in [-0.15, -0.1) is 0 Å². The van der Waals surface area contributed by atoms with Crippen molar-refractivity contribution in [2.45, 2.75) is 10.1 Å². The topological polar surface area (TPSA) is 81.2 Å². The first kappa shape index (κ1) is 19.3. The highest BCUT2D eigenvalue weighted by atomic mass is 32.2. The van der Waals surface area contributed by atoms with Crippen molar-refractivity contribution < 1.29 is 14.3 Å². The van der Waals surface area contributed by atoms with Gasteiger partial charge in [0.05, 0.1) is 12.7 Å². The maximum atomic E-state index is 12.2. The molecule has 140 valence electrons. The Bertz CT molecular complexity index is 989. The zero-order valence-electron chi connectivity index (χ0n) is 15.0. The molecule has 0 bridgehead atoms. The van der Waals surface area contributed by atoms with Crippen LogP contribution >= 0.6 is 11.8 Å². The van der Waals surface area contributed by atoms with E-state index in [4.69, 9.17) is 0 Å². The third-order valence-electron chi connectivity index (χ3n) is 3.61. The fourth-order valence-electron chi connectivity index (χ4n) is 2.26. The van der Waals surface area contributed by atoms with Crippen LogP contribution in [0.25, 0.3) is 6.08 Å². The van der Waals surface area contributed by atoms with Crippen LogP contribution < -0.4 is 5.32 Å². The Morgan fingerprint density at radius 2 is 1.79 bits per heavy atom. The van der Waals surface area contributed by atoms with Crippen LogP contribution in [0.15, 0.2) is 83.1 Å². The normalized spacial score (nSPS) is 10.6. The maximum Gasteiger partial charge on any atom is 0.337 e. The molecule has 0 saturated carbocycles. The lowest BCUT2D eigenvalue weighted by atomic mass is 10.1. The number of benzene rings is 1. The van der Waals surface area contributed by atoms with Crippen molar-refractivity contribution in [2.24, 2.45) is 0 Å². The van der Waals surface area contributed by atoms with E-state index in [1.54, 1.807) is 54.9 Å². The third kappa shape index (κ3) is 5.52. The lowest BCUT2D eigenvalue weighted by Crippen LogP contribution is -2.07. The molecule has 0 atom stereocenters. The second kappa shape index (κ2) is 9.48. The van der Waals surface area contributed by atoms with Crippen molar-refractivity contribution in [3.05, 3.63) is 84.2 Å². The van der Waals surface area contributed by atoms with Gasteiger partial charge in [-0.3, -0.25) is 4.79 Å². The summed E-state index contributed by atoms with van der Waals surface area (Å²) in [7, 11) is 1.33. The van der Waals surface area contributed by atoms with Crippen LogP contribution in [-0.2, 0) is 9.53 Å². The van der Waals surface area contributed by atoms with Gasteiger partial charge in [0.1, 0.15) is 10.1 Å². The van der Waals surface area contributed by atoms with Crippen LogP contribution in [-0.4, -0.2) is 29.0 Å². The van der Waals surface area contributed by atoms with E-state index in [2.05, 4.69) is 20.0 Å². The molecule has 7 heteroatoms. The first-order chi connectivity index (χ1) is 13.6. The van der Waals surface area contributed by atoms with Gasteiger partial charge < -0.3 is 10.1 Å². The highest BCUT2D eigenvalue weighted by molar-refractivity contribution is 7.99. The van der Waals surface area contributed by atoms with E-state index in [9.17, 15) is 9.59 Å². The van der Waals surface area contributed by atoms with Crippen LogP contribution in [0.4, 0.5) is 5.69 Å². The van der Waals surface area contributed by atoms with Gasteiger partial charge in [0.25, 0.3) is 0 Å². The number of rotatable bonds is 6. The van der Waals surface area contributed by atoms with Crippen molar-refractivity contribution in [1.82, 2.24) is 9.97 Å². The number of pyridine rings is 2. The quantitative estimate of drug-likeness (QED) is 0.504. The predicted molar refractivity (Wildman–Crippen MR) is 108 cm³/mol. The van der Waals surface area contributed by atoms with Crippen molar-refractivity contribution >= 4 is 35.4 Å². The number of ether oxygens (including phenoxy) is 1. The Morgan fingerprint density at radius 3 is 2.50 bits per heavy atom. The summed E-state index contributed by atoms with van der Waals surface area (Å²) < 4.78 is 4.66. The number of amides is 1. The van der Waals surface area contributed by atoms with Crippen molar-refractivity contribution in [3.8, 4) is 0 Å². The highest BCUT2D eigenvalue weighted by Gasteiger charge is 2.05. The lowest BCUT2D eigenvalue weighted by molar-refractivity contribution is -0.111. The monoisotopic (exact) mass is 391 g/mol. The summed E-state index contributed by atoms with van der Waals surface area (Å²) in [6.45, 7) is 0. The number of nitrogens with zero attached hydrogens (tertiary/aromatic N) is 2. The Morgan fingerprint density at radius 1 is 1.00 bits per heavy atom. The van der Waals surface area contributed by atoms with Crippen molar-refractivity contribution in [3.63, 3.8) is 0 Å². The first-order valence-corrected chi connectivity index (χ1v) is 9.18. The number of carbonyl (C=O) groups is 2. The third-order valence-corrected chi connectivity index (χ3v) is 4.49. The lowest BCUT2D eigenvalue weighted by Gasteiger charge is -2.04. The molecule has 1 N–H and O–H groups in total. The van der Waals surface area contributed by atoms with E-state index < -0.39 is 5.97 Å². The molecule has 28 heavy (non-hydrogen) atoms. The Kier molecular flexibility index (Phi) is 6.54. The van der Waals surface area contributed by atoms with E-state index >= 15 is 0 Å². The van der Waals surface area contributed by atoms with Crippen molar-refractivity contribution in [2.75, 3.05) is 12.4 Å². The molecule has 0 unspecified atom stereocenters. The van der Waals surface area contributed by atoms with E-state index in [1.165, 1.54) is 24.9 Å². The van der Waals surface area contributed by atoms with E-state index in [0.717, 1.165) is 15.6 Å². The molecule has 6 nitrogen and oxygen atoms in total. The summed E-state index contributed by atoms with van der Waals surface area (Å²) in [4.78, 5) is 32.1. The van der Waals surface area contributed by atoms with E-state index in [1.807, 2.05) is 18.2 Å². The van der Waals surface area contributed by atoms with Gasteiger partial charge in [-0.25, -0.2) is 14.8 Å². The van der Waals surface area contributed by atoms with Crippen LogP contribution in [0, 0.1) is 0 Å². The fraction of sp³-hybridized carbons (Fsp3) is 0.0476. The molecule has 0 fully saturated rings. The summed E-state index contributed by atoms with van der Waals surface area (Å²) in [6.07, 6.45) is 6.45. The molecular formula is C21H17N3O3S. The van der Waals surface area contributed by atoms with E-state index in [0.29, 0.717) is 11.3 Å². The molecule has 2 heterocycles. The number of hydrogen-bond acceptors (Lipinski definition) is 6. The molecular weight excluding hydrogens is 374 g/mol. The molecule has 3 aromatic rings. The number of methoxy groups -OCH3 is 1. The summed E-state index contributed by atoms with van der Waals surface area (Å²) in [6, 6.07) is 15.9. The minimum Gasteiger partial charge on any atom is -0.465 e. The van der Waals surface area contributed by atoms with Crippen molar-refractivity contribution in [1.29, 1.82) is 0 Å². The molecule has 0 radical (unpaired) electrons. The average Bonchev–Trinajstić information content (AvgIpc) is 2.73. The first-order valence-electron chi connectivity index (χ1n) is 8.36. The Balaban J connectivity index is 1.60. The van der Waals surface area contributed by atoms with Crippen LogP contribution in [0.5, 0.6) is 0 Å². The maximum absolute atomic E-state index is 12.2. The number of anilines is 1. The number of nitrogens with one attached hydrogen (secondary N) is 1. The molecule has 1 amide bonds. The molecule has 1 aromatic carbocycles.